The fraction of sp³-hybridized carbons (Fsp3) is 0.533. The second-order valence-electron chi connectivity index (χ2n) is 5.30. The molecule has 5 heteroatoms. The smallest absolute Gasteiger partial charge is 0.146 e. The molecule has 2 rings (SSSR count). The van der Waals surface area contributed by atoms with E-state index in [-0.39, 0.29) is 0 Å². The van der Waals surface area contributed by atoms with Gasteiger partial charge in [-0.05, 0) is 20.3 Å². The highest BCUT2D eigenvalue weighted by molar-refractivity contribution is 5.52. The fourth-order valence-electron chi connectivity index (χ4n) is 2.03. The van der Waals surface area contributed by atoms with E-state index in [0.29, 0.717) is 5.92 Å². The summed E-state index contributed by atoms with van der Waals surface area (Å²) in [5, 5.41) is 3.39. The minimum Gasteiger partial charge on any atom is -0.370 e. The fourth-order valence-corrected chi connectivity index (χ4v) is 2.03. The van der Waals surface area contributed by atoms with Gasteiger partial charge in [0.15, 0.2) is 0 Å². The normalized spacial score (nSPS) is 11.1. The van der Waals surface area contributed by atoms with Gasteiger partial charge in [0.25, 0.3) is 0 Å². The van der Waals surface area contributed by atoms with Crippen LogP contribution in [0.5, 0.6) is 0 Å². The third-order valence-corrected chi connectivity index (χ3v) is 3.25. The molecule has 2 heterocycles. The molecule has 0 bridgehead atoms. The first kappa shape index (κ1) is 14.5. The third-order valence-electron chi connectivity index (χ3n) is 3.25. The van der Waals surface area contributed by atoms with Gasteiger partial charge in [-0.2, -0.15) is 0 Å². The Hall–Kier alpha value is -1.91. The van der Waals surface area contributed by atoms with Crippen LogP contribution in [0.3, 0.4) is 0 Å². The third kappa shape index (κ3) is 2.81. The van der Waals surface area contributed by atoms with Crippen LogP contribution >= 0.6 is 0 Å². The molecule has 0 aliphatic carbocycles. The first-order valence-electron chi connectivity index (χ1n) is 7.17. The van der Waals surface area contributed by atoms with Crippen LogP contribution in [0.25, 0.3) is 5.82 Å². The minimum absolute atomic E-state index is 0.292. The molecule has 0 radical (unpaired) electrons. The molecule has 0 fully saturated rings. The van der Waals surface area contributed by atoms with Crippen molar-refractivity contribution in [1.82, 2.24) is 19.5 Å². The summed E-state index contributed by atoms with van der Waals surface area (Å²) < 4.78 is 2.01. The number of anilines is 1. The summed E-state index contributed by atoms with van der Waals surface area (Å²) in [4.78, 5) is 13.7. The van der Waals surface area contributed by atoms with Crippen molar-refractivity contribution in [3.05, 3.63) is 29.6 Å². The zero-order chi connectivity index (χ0) is 14.7. The highest BCUT2D eigenvalue weighted by Crippen LogP contribution is 2.23. The molecule has 0 aliphatic heterocycles. The average molecular weight is 273 g/mol. The molecular formula is C15H23N5. The van der Waals surface area contributed by atoms with Crippen molar-refractivity contribution in [3.63, 3.8) is 0 Å². The van der Waals surface area contributed by atoms with Gasteiger partial charge in [0.2, 0.25) is 0 Å². The molecule has 0 saturated heterocycles. The van der Waals surface area contributed by atoms with Crippen molar-refractivity contribution < 1.29 is 0 Å². The lowest BCUT2D eigenvalue weighted by atomic mass is 10.2. The van der Waals surface area contributed by atoms with E-state index in [4.69, 9.17) is 4.98 Å². The lowest BCUT2D eigenvalue weighted by Crippen LogP contribution is -2.13. The number of aromatic nitrogens is 4. The van der Waals surface area contributed by atoms with Gasteiger partial charge in [-0.15, -0.1) is 0 Å². The van der Waals surface area contributed by atoms with E-state index >= 15 is 0 Å². The Morgan fingerprint density at radius 1 is 1.25 bits per heavy atom. The van der Waals surface area contributed by atoms with Crippen LogP contribution in [-0.2, 0) is 0 Å². The Bertz CT molecular complexity index is 586. The van der Waals surface area contributed by atoms with E-state index in [9.17, 15) is 0 Å². The van der Waals surface area contributed by atoms with E-state index in [1.165, 1.54) is 0 Å². The van der Waals surface area contributed by atoms with Crippen molar-refractivity contribution in [2.45, 2.75) is 47.0 Å². The van der Waals surface area contributed by atoms with Gasteiger partial charge in [0.05, 0.1) is 0 Å². The topological polar surface area (TPSA) is 55.6 Å². The minimum atomic E-state index is 0.292. The molecule has 0 aromatic carbocycles. The van der Waals surface area contributed by atoms with E-state index in [1.54, 1.807) is 6.20 Å². The first-order chi connectivity index (χ1) is 9.54. The second-order valence-corrected chi connectivity index (χ2v) is 5.30. The zero-order valence-corrected chi connectivity index (χ0v) is 12.9. The van der Waals surface area contributed by atoms with E-state index in [1.807, 2.05) is 17.7 Å². The van der Waals surface area contributed by atoms with Crippen LogP contribution < -0.4 is 5.32 Å². The number of aryl methyl sites for hydroxylation is 1. The van der Waals surface area contributed by atoms with E-state index in [0.717, 1.165) is 41.8 Å². The highest BCUT2D eigenvalue weighted by Gasteiger charge is 2.15. The van der Waals surface area contributed by atoms with Crippen molar-refractivity contribution in [3.8, 4) is 5.82 Å². The molecule has 2 aromatic rings. The summed E-state index contributed by atoms with van der Waals surface area (Å²) in [5.41, 5.74) is 1.06. The number of rotatable bonds is 5. The summed E-state index contributed by atoms with van der Waals surface area (Å²) in [6.45, 7) is 11.3. The zero-order valence-electron chi connectivity index (χ0n) is 12.9. The van der Waals surface area contributed by atoms with Crippen molar-refractivity contribution in [2.75, 3.05) is 11.9 Å². The maximum absolute atomic E-state index is 4.72. The molecule has 20 heavy (non-hydrogen) atoms. The van der Waals surface area contributed by atoms with E-state index < -0.39 is 0 Å². The summed E-state index contributed by atoms with van der Waals surface area (Å²) in [7, 11) is 0. The average Bonchev–Trinajstić information content (AvgIpc) is 2.83. The van der Waals surface area contributed by atoms with Gasteiger partial charge < -0.3 is 5.32 Å². The van der Waals surface area contributed by atoms with Gasteiger partial charge >= 0.3 is 0 Å². The Morgan fingerprint density at radius 2 is 2.00 bits per heavy atom. The molecule has 0 saturated carbocycles. The maximum atomic E-state index is 4.72. The summed E-state index contributed by atoms with van der Waals surface area (Å²) in [6.07, 6.45) is 4.81. The predicted molar refractivity (Wildman–Crippen MR) is 81.5 cm³/mol. The van der Waals surface area contributed by atoms with Gasteiger partial charge in [0.1, 0.15) is 23.3 Å². The summed E-state index contributed by atoms with van der Waals surface area (Å²) in [5.74, 6) is 3.92. The summed E-state index contributed by atoms with van der Waals surface area (Å²) >= 11 is 0. The molecule has 0 amide bonds. The Morgan fingerprint density at radius 3 is 2.55 bits per heavy atom. The van der Waals surface area contributed by atoms with Crippen molar-refractivity contribution >= 4 is 5.82 Å². The maximum Gasteiger partial charge on any atom is 0.146 e. The number of hydrogen-bond donors (Lipinski definition) is 1. The summed E-state index contributed by atoms with van der Waals surface area (Å²) in [6, 6.07) is 0. The van der Waals surface area contributed by atoms with Crippen LogP contribution in [-0.4, -0.2) is 26.1 Å². The SMILES string of the molecule is CCCNc1nc(C(C)C)nc(-n2ccnc2C)c1C. The number of nitrogens with zero attached hydrogens (tertiary/aromatic N) is 4. The monoisotopic (exact) mass is 273 g/mol. The van der Waals surface area contributed by atoms with Crippen LogP contribution in [0.4, 0.5) is 5.82 Å². The van der Waals surface area contributed by atoms with Crippen LogP contribution in [0.15, 0.2) is 12.4 Å². The second kappa shape index (κ2) is 6.03. The predicted octanol–water partition coefficient (Wildman–Crippen LogP) is 3.22. The first-order valence-corrected chi connectivity index (χ1v) is 7.17. The lowest BCUT2D eigenvalue weighted by molar-refractivity contribution is 0.754. The molecule has 0 aliphatic rings. The highest BCUT2D eigenvalue weighted by atomic mass is 15.2. The van der Waals surface area contributed by atoms with Gasteiger partial charge in [0, 0.05) is 30.4 Å². The molecule has 2 aromatic heterocycles. The molecule has 1 N–H and O–H groups in total. The number of nitrogens with one attached hydrogen (secondary N) is 1. The van der Waals surface area contributed by atoms with Gasteiger partial charge in [-0.3, -0.25) is 4.57 Å². The number of imidazole rings is 1. The number of hydrogen-bond acceptors (Lipinski definition) is 4. The Labute approximate surface area is 120 Å². The standard InChI is InChI=1S/C15H23N5/c1-6-7-17-14-11(4)15(19-13(18-14)10(2)3)20-9-8-16-12(20)5/h8-10H,6-7H2,1-5H3,(H,17,18,19). The van der Waals surface area contributed by atoms with Gasteiger partial charge in [-0.1, -0.05) is 20.8 Å². The Kier molecular flexibility index (Phi) is 4.37. The molecule has 0 spiro atoms. The van der Waals surface area contributed by atoms with Gasteiger partial charge in [-0.25, -0.2) is 15.0 Å². The molecule has 0 unspecified atom stereocenters. The van der Waals surface area contributed by atoms with Crippen molar-refractivity contribution in [2.24, 2.45) is 0 Å². The van der Waals surface area contributed by atoms with Crippen molar-refractivity contribution in [1.29, 1.82) is 0 Å². The largest absolute Gasteiger partial charge is 0.370 e. The van der Waals surface area contributed by atoms with Crippen LogP contribution in [0.2, 0.25) is 0 Å². The van der Waals surface area contributed by atoms with E-state index in [2.05, 4.69) is 43.0 Å². The quantitative estimate of drug-likeness (QED) is 0.908. The Balaban J connectivity index is 2.55. The molecule has 5 nitrogen and oxygen atoms in total. The molecule has 108 valence electrons. The molecule has 0 atom stereocenters. The van der Waals surface area contributed by atoms with Crippen LogP contribution in [0.1, 0.15) is 50.3 Å². The molecular weight excluding hydrogens is 250 g/mol. The van der Waals surface area contributed by atoms with Crippen LogP contribution in [0, 0.1) is 13.8 Å². The lowest BCUT2D eigenvalue weighted by Gasteiger charge is -2.16.